The number of amides is 1. The highest BCUT2D eigenvalue weighted by atomic mass is 16.5. The van der Waals surface area contributed by atoms with Gasteiger partial charge in [-0.2, -0.15) is 0 Å². The van der Waals surface area contributed by atoms with Gasteiger partial charge in [0, 0.05) is 11.6 Å². The predicted octanol–water partition coefficient (Wildman–Crippen LogP) is 4.91. The number of esters is 1. The third kappa shape index (κ3) is 4.24. The minimum absolute atomic E-state index is 0.0143. The van der Waals surface area contributed by atoms with E-state index in [1.165, 1.54) is 5.56 Å². The molecule has 2 heterocycles. The SMILES string of the molecule is CCOC(=O)c1ccc(N2C(=O)C3NNC(c4ccccc4)C3C2c2ccc(C(C)C)cc2)cc1. The van der Waals surface area contributed by atoms with Crippen molar-refractivity contribution in [1.82, 2.24) is 10.9 Å². The standard InChI is InChI=1S/C29H31N3O3/c1-4-35-29(34)22-14-16-23(17-15-22)32-27(21-12-10-19(11-13-21)18(2)3)24-25(20-8-6-5-7-9-20)30-31-26(24)28(32)33/h5-18,24-27,30-31H,4H2,1-3H3. The van der Waals surface area contributed by atoms with Crippen LogP contribution in [0.3, 0.4) is 0 Å². The lowest BCUT2D eigenvalue weighted by Crippen LogP contribution is -2.41. The molecule has 35 heavy (non-hydrogen) atoms. The fourth-order valence-electron chi connectivity index (χ4n) is 5.29. The van der Waals surface area contributed by atoms with E-state index >= 15 is 0 Å². The average molecular weight is 470 g/mol. The van der Waals surface area contributed by atoms with Gasteiger partial charge in [0.05, 0.1) is 24.3 Å². The van der Waals surface area contributed by atoms with Gasteiger partial charge in [0.1, 0.15) is 6.04 Å². The third-order valence-corrected chi connectivity index (χ3v) is 7.07. The maximum atomic E-state index is 13.8. The lowest BCUT2D eigenvalue weighted by atomic mass is 9.83. The van der Waals surface area contributed by atoms with Crippen LogP contribution in [0.15, 0.2) is 78.9 Å². The first-order chi connectivity index (χ1) is 17.0. The molecule has 0 spiro atoms. The van der Waals surface area contributed by atoms with Crippen molar-refractivity contribution >= 4 is 17.6 Å². The molecule has 2 aliphatic rings. The summed E-state index contributed by atoms with van der Waals surface area (Å²) in [5, 5.41) is 0. The monoisotopic (exact) mass is 469 g/mol. The molecule has 5 rings (SSSR count). The van der Waals surface area contributed by atoms with Crippen molar-refractivity contribution in [1.29, 1.82) is 0 Å². The molecule has 2 N–H and O–H groups in total. The lowest BCUT2D eigenvalue weighted by molar-refractivity contribution is -0.119. The van der Waals surface area contributed by atoms with Crippen molar-refractivity contribution in [3.8, 4) is 0 Å². The first-order valence-electron chi connectivity index (χ1n) is 12.3. The molecule has 0 aliphatic carbocycles. The molecule has 4 unspecified atom stereocenters. The first-order valence-corrected chi connectivity index (χ1v) is 12.3. The molecule has 2 saturated heterocycles. The fraction of sp³-hybridized carbons (Fsp3) is 0.310. The quantitative estimate of drug-likeness (QED) is 0.502. The van der Waals surface area contributed by atoms with Crippen LogP contribution in [0, 0.1) is 5.92 Å². The van der Waals surface area contributed by atoms with Crippen molar-refractivity contribution in [3.63, 3.8) is 0 Å². The zero-order valence-corrected chi connectivity index (χ0v) is 20.3. The third-order valence-electron chi connectivity index (χ3n) is 7.07. The molecular weight excluding hydrogens is 438 g/mol. The van der Waals surface area contributed by atoms with Crippen molar-refractivity contribution < 1.29 is 14.3 Å². The zero-order valence-electron chi connectivity index (χ0n) is 20.3. The maximum absolute atomic E-state index is 13.8. The Kier molecular flexibility index (Phi) is 6.41. The molecule has 2 fully saturated rings. The van der Waals surface area contributed by atoms with Crippen LogP contribution >= 0.6 is 0 Å². The Morgan fingerprint density at radius 1 is 0.886 bits per heavy atom. The Bertz CT molecular complexity index is 1190. The first kappa shape index (κ1) is 23.3. The highest BCUT2D eigenvalue weighted by Gasteiger charge is 2.55. The van der Waals surface area contributed by atoms with Gasteiger partial charge in [-0.3, -0.25) is 4.79 Å². The summed E-state index contributed by atoms with van der Waals surface area (Å²) in [6, 6.07) is 25.5. The van der Waals surface area contributed by atoms with E-state index in [4.69, 9.17) is 4.74 Å². The van der Waals surface area contributed by atoms with Gasteiger partial charge in [0.25, 0.3) is 0 Å². The number of fused-ring (bicyclic) bond motifs is 1. The average Bonchev–Trinajstić information content (AvgIpc) is 3.44. The Morgan fingerprint density at radius 3 is 2.17 bits per heavy atom. The van der Waals surface area contributed by atoms with Gasteiger partial charge >= 0.3 is 5.97 Å². The molecule has 3 aromatic rings. The normalized spacial score (nSPS) is 23.5. The highest BCUT2D eigenvalue weighted by molar-refractivity contribution is 6.02. The van der Waals surface area contributed by atoms with Crippen LogP contribution in [0.5, 0.6) is 0 Å². The number of hydrogen-bond acceptors (Lipinski definition) is 5. The molecule has 6 nitrogen and oxygen atoms in total. The molecule has 0 radical (unpaired) electrons. The number of nitrogens with one attached hydrogen (secondary N) is 2. The van der Waals surface area contributed by atoms with Crippen LogP contribution in [-0.2, 0) is 9.53 Å². The number of anilines is 1. The second-order valence-corrected chi connectivity index (χ2v) is 9.47. The lowest BCUT2D eigenvalue weighted by Gasteiger charge is -2.31. The summed E-state index contributed by atoms with van der Waals surface area (Å²) in [6.45, 7) is 6.46. The van der Waals surface area contributed by atoms with Crippen LogP contribution in [0.2, 0.25) is 0 Å². The smallest absolute Gasteiger partial charge is 0.338 e. The summed E-state index contributed by atoms with van der Waals surface area (Å²) < 4.78 is 5.12. The minimum Gasteiger partial charge on any atom is -0.462 e. The Balaban J connectivity index is 1.56. The molecule has 0 aromatic heterocycles. The number of benzene rings is 3. The molecule has 1 amide bonds. The molecule has 2 aliphatic heterocycles. The van der Waals surface area contributed by atoms with E-state index in [0.29, 0.717) is 18.1 Å². The molecular formula is C29H31N3O3. The molecule has 0 bridgehead atoms. The summed E-state index contributed by atoms with van der Waals surface area (Å²) in [5.41, 5.74) is 11.4. The van der Waals surface area contributed by atoms with E-state index in [9.17, 15) is 9.59 Å². The molecule has 6 heteroatoms. The van der Waals surface area contributed by atoms with E-state index in [1.807, 2.05) is 35.2 Å². The van der Waals surface area contributed by atoms with E-state index in [0.717, 1.165) is 16.8 Å². The summed E-state index contributed by atoms with van der Waals surface area (Å²) in [7, 11) is 0. The van der Waals surface area contributed by atoms with Crippen LogP contribution in [0.25, 0.3) is 0 Å². The van der Waals surface area contributed by atoms with Crippen LogP contribution in [-0.4, -0.2) is 24.5 Å². The van der Waals surface area contributed by atoms with Crippen LogP contribution < -0.4 is 15.8 Å². The van der Waals surface area contributed by atoms with Gasteiger partial charge in [0.15, 0.2) is 0 Å². The highest BCUT2D eigenvalue weighted by Crippen LogP contribution is 2.49. The minimum atomic E-state index is -0.362. The summed E-state index contributed by atoms with van der Waals surface area (Å²) in [4.78, 5) is 27.8. The van der Waals surface area contributed by atoms with E-state index < -0.39 is 0 Å². The molecule has 180 valence electrons. The number of rotatable bonds is 6. The van der Waals surface area contributed by atoms with E-state index in [-0.39, 0.29) is 35.9 Å². The molecule has 3 aromatic carbocycles. The van der Waals surface area contributed by atoms with Crippen LogP contribution in [0.4, 0.5) is 5.69 Å². The predicted molar refractivity (Wildman–Crippen MR) is 136 cm³/mol. The van der Waals surface area contributed by atoms with Crippen LogP contribution in [0.1, 0.15) is 65.8 Å². The fourth-order valence-corrected chi connectivity index (χ4v) is 5.29. The maximum Gasteiger partial charge on any atom is 0.338 e. The number of hydrogen-bond donors (Lipinski definition) is 2. The van der Waals surface area contributed by atoms with Gasteiger partial charge < -0.3 is 9.64 Å². The largest absolute Gasteiger partial charge is 0.462 e. The van der Waals surface area contributed by atoms with Gasteiger partial charge in [-0.15, -0.1) is 0 Å². The number of hydrazine groups is 1. The van der Waals surface area contributed by atoms with Crippen molar-refractivity contribution in [2.24, 2.45) is 5.92 Å². The Labute approximate surface area is 206 Å². The Morgan fingerprint density at radius 2 is 1.54 bits per heavy atom. The second kappa shape index (κ2) is 9.64. The molecule has 0 saturated carbocycles. The van der Waals surface area contributed by atoms with Crippen molar-refractivity contribution in [2.45, 2.75) is 44.8 Å². The Hall–Kier alpha value is -3.48. The second-order valence-electron chi connectivity index (χ2n) is 9.47. The van der Waals surface area contributed by atoms with Gasteiger partial charge in [0.2, 0.25) is 5.91 Å². The zero-order chi connectivity index (χ0) is 24.5. The van der Waals surface area contributed by atoms with Gasteiger partial charge in [-0.25, -0.2) is 15.6 Å². The van der Waals surface area contributed by atoms with E-state index in [1.54, 1.807) is 19.1 Å². The van der Waals surface area contributed by atoms with Gasteiger partial charge in [-0.1, -0.05) is 68.4 Å². The summed E-state index contributed by atoms with van der Waals surface area (Å²) >= 11 is 0. The van der Waals surface area contributed by atoms with Crippen molar-refractivity contribution in [3.05, 3.63) is 101 Å². The van der Waals surface area contributed by atoms with E-state index in [2.05, 4.69) is 61.1 Å². The number of carbonyl (C=O) groups is 2. The summed E-state index contributed by atoms with van der Waals surface area (Å²) in [6.07, 6.45) is 0. The number of nitrogens with zero attached hydrogens (tertiary/aromatic N) is 1. The van der Waals surface area contributed by atoms with Crippen molar-refractivity contribution in [2.75, 3.05) is 11.5 Å². The van der Waals surface area contributed by atoms with Gasteiger partial charge in [-0.05, 0) is 53.8 Å². The number of carbonyl (C=O) groups excluding carboxylic acids is 2. The topological polar surface area (TPSA) is 70.7 Å². The summed E-state index contributed by atoms with van der Waals surface area (Å²) in [5.74, 6) is 0.0715. The molecule has 4 atom stereocenters. The number of ether oxygens (including phenoxy) is 1.